The van der Waals surface area contributed by atoms with Gasteiger partial charge < -0.3 is 9.80 Å². The zero-order valence-electron chi connectivity index (χ0n) is 17.5. The summed E-state index contributed by atoms with van der Waals surface area (Å²) < 4.78 is 42.5. The van der Waals surface area contributed by atoms with Gasteiger partial charge in [-0.1, -0.05) is 24.6 Å². The third kappa shape index (κ3) is 5.72. The second-order valence-electron chi connectivity index (χ2n) is 7.54. The number of anilines is 1. The van der Waals surface area contributed by atoms with Gasteiger partial charge in [-0.15, -0.1) is 11.3 Å². The SMILES string of the molecule is CCC(c1ccc(N2CCC(NS(=O)(=O)/C=C/c3ccc(Cl)s3)C2=O)c(F)c1)N(C)C. The number of rotatable bonds is 8. The lowest BCUT2D eigenvalue weighted by Gasteiger charge is -2.25. The van der Waals surface area contributed by atoms with Gasteiger partial charge in [-0.2, -0.15) is 4.72 Å². The number of hydrogen-bond donors (Lipinski definition) is 1. The van der Waals surface area contributed by atoms with Crippen LogP contribution in [0.15, 0.2) is 35.7 Å². The van der Waals surface area contributed by atoms with Crippen molar-refractivity contribution in [3.63, 3.8) is 0 Å². The van der Waals surface area contributed by atoms with Crippen LogP contribution in [-0.4, -0.2) is 45.9 Å². The van der Waals surface area contributed by atoms with Crippen LogP contribution in [0.2, 0.25) is 4.34 Å². The highest BCUT2D eigenvalue weighted by Crippen LogP contribution is 2.30. The number of amides is 1. The zero-order valence-corrected chi connectivity index (χ0v) is 19.9. The van der Waals surface area contributed by atoms with Gasteiger partial charge in [0, 0.05) is 22.9 Å². The first-order valence-corrected chi connectivity index (χ1v) is 12.6. The highest BCUT2D eigenvalue weighted by molar-refractivity contribution is 7.92. The van der Waals surface area contributed by atoms with Crippen LogP contribution < -0.4 is 9.62 Å². The lowest BCUT2D eigenvalue weighted by Crippen LogP contribution is -2.40. The molecule has 31 heavy (non-hydrogen) atoms. The molecule has 10 heteroatoms. The van der Waals surface area contributed by atoms with Crippen molar-refractivity contribution >= 4 is 50.6 Å². The van der Waals surface area contributed by atoms with E-state index in [4.69, 9.17) is 11.6 Å². The Balaban J connectivity index is 1.71. The third-order valence-corrected chi connectivity index (χ3v) is 7.48. The van der Waals surface area contributed by atoms with Crippen molar-refractivity contribution in [2.75, 3.05) is 25.5 Å². The number of benzene rings is 1. The predicted molar refractivity (Wildman–Crippen MR) is 124 cm³/mol. The fourth-order valence-corrected chi connectivity index (χ4v) is 5.76. The van der Waals surface area contributed by atoms with E-state index in [-0.39, 0.29) is 24.7 Å². The van der Waals surface area contributed by atoms with Crippen LogP contribution in [0.25, 0.3) is 6.08 Å². The Morgan fingerprint density at radius 1 is 1.35 bits per heavy atom. The normalized spacial score (nSPS) is 18.5. The lowest BCUT2D eigenvalue weighted by molar-refractivity contribution is -0.118. The Morgan fingerprint density at radius 3 is 2.68 bits per heavy atom. The second kappa shape index (κ2) is 9.79. The van der Waals surface area contributed by atoms with Gasteiger partial charge in [0.15, 0.2) is 0 Å². The number of halogens is 2. The first kappa shape index (κ1) is 23.9. The molecule has 0 radical (unpaired) electrons. The van der Waals surface area contributed by atoms with Crippen molar-refractivity contribution in [3.8, 4) is 0 Å². The lowest BCUT2D eigenvalue weighted by atomic mass is 10.0. The second-order valence-corrected chi connectivity index (χ2v) is 10.9. The van der Waals surface area contributed by atoms with E-state index in [0.29, 0.717) is 9.21 Å². The van der Waals surface area contributed by atoms with E-state index in [1.807, 2.05) is 32.0 Å². The highest BCUT2D eigenvalue weighted by atomic mass is 35.5. The molecule has 0 bridgehead atoms. The van der Waals surface area contributed by atoms with E-state index in [1.165, 1.54) is 28.4 Å². The van der Waals surface area contributed by atoms with Crippen LogP contribution in [0, 0.1) is 5.82 Å². The van der Waals surface area contributed by atoms with Crippen molar-refractivity contribution < 1.29 is 17.6 Å². The maximum atomic E-state index is 14.8. The molecule has 1 amide bonds. The zero-order chi connectivity index (χ0) is 22.8. The van der Waals surface area contributed by atoms with Crippen molar-refractivity contribution in [1.82, 2.24) is 9.62 Å². The molecule has 1 fully saturated rings. The van der Waals surface area contributed by atoms with Crippen molar-refractivity contribution in [3.05, 3.63) is 56.3 Å². The monoisotopic (exact) mass is 485 g/mol. The fraction of sp³-hybridized carbons (Fsp3) is 0.381. The Bertz CT molecular complexity index is 1090. The van der Waals surface area contributed by atoms with Gasteiger partial charge in [-0.25, -0.2) is 12.8 Å². The number of thiophene rings is 1. The molecule has 2 atom stereocenters. The molecule has 1 aliphatic heterocycles. The van der Waals surface area contributed by atoms with Gasteiger partial charge in [0.25, 0.3) is 0 Å². The molecule has 2 heterocycles. The molecule has 1 saturated heterocycles. The van der Waals surface area contributed by atoms with E-state index < -0.39 is 27.8 Å². The molecule has 1 aromatic carbocycles. The van der Waals surface area contributed by atoms with E-state index in [0.717, 1.165) is 17.4 Å². The fourth-order valence-electron chi connectivity index (χ4n) is 3.69. The first-order valence-electron chi connectivity index (χ1n) is 9.84. The van der Waals surface area contributed by atoms with Gasteiger partial charge in [0.2, 0.25) is 15.9 Å². The molecule has 1 aliphatic rings. The molecule has 0 saturated carbocycles. The van der Waals surface area contributed by atoms with Gasteiger partial charge in [0.1, 0.15) is 11.9 Å². The molecular weight excluding hydrogens is 461 g/mol. The summed E-state index contributed by atoms with van der Waals surface area (Å²) in [7, 11) is 0.0182. The first-order chi connectivity index (χ1) is 14.6. The minimum atomic E-state index is -3.85. The van der Waals surface area contributed by atoms with Crippen LogP contribution in [-0.2, 0) is 14.8 Å². The van der Waals surface area contributed by atoms with Crippen LogP contribution in [0.5, 0.6) is 0 Å². The number of nitrogens with one attached hydrogen (secondary N) is 1. The average Bonchev–Trinajstić information content (AvgIpc) is 3.27. The topological polar surface area (TPSA) is 69.7 Å². The largest absolute Gasteiger partial charge is 0.308 e. The number of sulfonamides is 1. The highest BCUT2D eigenvalue weighted by Gasteiger charge is 2.36. The standard InChI is InChI=1S/C21H25ClFN3O3S2/c1-4-18(25(2)3)14-5-7-19(16(23)13-14)26-11-9-17(21(26)27)24-31(28,29)12-10-15-6-8-20(22)30-15/h5-8,10,12-13,17-18,24H,4,9,11H2,1-3H3/b12-10+. The van der Waals surface area contributed by atoms with E-state index in [9.17, 15) is 17.6 Å². The van der Waals surface area contributed by atoms with Crippen molar-refractivity contribution in [2.45, 2.75) is 31.8 Å². The van der Waals surface area contributed by atoms with Crippen molar-refractivity contribution in [1.29, 1.82) is 0 Å². The molecule has 2 unspecified atom stereocenters. The molecule has 0 spiro atoms. The van der Waals surface area contributed by atoms with Crippen molar-refractivity contribution in [2.24, 2.45) is 0 Å². The van der Waals surface area contributed by atoms with Crippen LogP contribution in [0.1, 0.15) is 36.2 Å². The van der Waals surface area contributed by atoms with E-state index in [2.05, 4.69) is 4.72 Å². The summed E-state index contributed by atoms with van der Waals surface area (Å²) in [5, 5.41) is 1.01. The summed E-state index contributed by atoms with van der Waals surface area (Å²) in [6.07, 6.45) is 2.50. The molecule has 168 valence electrons. The Hall–Kier alpha value is -1.78. The number of carbonyl (C=O) groups excluding carboxylic acids is 1. The minimum absolute atomic E-state index is 0.0717. The smallest absolute Gasteiger partial charge is 0.245 e. The maximum absolute atomic E-state index is 14.8. The number of carbonyl (C=O) groups is 1. The quantitative estimate of drug-likeness (QED) is 0.607. The van der Waals surface area contributed by atoms with Crippen LogP contribution in [0.4, 0.5) is 10.1 Å². The van der Waals surface area contributed by atoms with Gasteiger partial charge in [-0.05, 0) is 62.8 Å². The summed E-state index contributed by atoms with van der Waals surface area (Å²) in [5.74, 6) is -0.966. The Labute approximate surface area is 191 Å². The molecule has 0 aliphatic carbocycles. The van der Waals surface area contributed by atoms with Gasteiger partial charge >= 0.3 is 0 Å². The molecule has 1 aromatic heterocycles. The molecule has 6 nitrogen and oxygen atoms in total. The van der Waals surface area contributed by atoms with Crippen LogP contribution >= 0.6 is 22.9 Å². The molecule has 1 N–H and O–H groups in total. The molecule has 2 aromatic rings. The Kier molecular flexibility index (Phi) is 7.54. The van der Waals surface area contributed by atoms with E-state index in [1.54, 1.807) is 18.2 Å². The van der Waals surface area contributed by atoms with E-state index >= 15 is 0 Å². The predicted octanol–water partition coefficient (Wildman–Crippen LogP) is 4.25. The summed E-state index contributed by atoms with van der Waals surface area (Å²) in [6, 6.07) is 7.36. The minimum Gasteiger partial charge on any atom is -0.308 e. The maximum Gasteiger partial charge on any atom is 0.245 e. The van der Waals surface area contributed by atoms with Gasteiger partial charge in [0.05, 0.1) is 10.0 Å². The third-order valence-electron chi connectivity index (χ3n) is 5.17. The molecule has 3 rings (SSSR count). The summed E-state index contributed by atoms with van der Waals surface area (Å²) in [4.78, 5) is 16.8. The molecular formula is C21H25ClFN3O3S2. The number of hydrogen-bond acceptors (Lipinski definition) is 5. The van der Waals surface area contributed by atoms with Gasteiger partial charge in [-0.3, -0.25) is 4.79 Å². The van der Waals surface area contributed by atoms with Crippen LogP contribution in [0.3, 0.4) is 0 Å². The summed E-state index contributed by atoms with van der Waals surface area (Å²) in [5.41, 5.74) is 0.990. The Morgan fingerprint density at radius 2 is 2.10 bits per heavy atom. The number of nitrogens with zero attached hydrogens (tertiary/aromatic N) is 2. The summed E-state index contributed by atoms with van der Waals surface area (Å²) >= 11 is 7.08. The summed E-state index contributed by atoms with van der Waals surface area (Å²) in [6.45, 7) is 2.26. The average molecular weight is 486 g/mol.